The summed E-state index contributed by atoms with van der Waals surface area (Å²) in [6.07, 6.45) is 3.12. The van der Waals surface area contributed by atoms with E-state index < -0.39 is 20.6 Å². The molecule has 110 valence electrons. The summed E-state index contributed by atoms with van der Waals surface area (Å²) in [5.41, 5.74) is 0.909. The second-order valence-corrected chi connectivity index (χ2v) is 6.18. The zero-order valence-electron chi connectivity index (χ0n) is 11.1. The first-order valence-corrected chi connectivity index (χ1v) is 7.77. The molecule has 8 heteroatoms. The highest BCUT2D eigenvalue weighted by atomic mass is 35.5. The molecule has 0 unspecified atom stereocenters. The maximum atomic E-state index is 12.1. The van der Waals surface area contributed by atoms with Gasteiger partial charge in [-0.25, -0.2) is 13.1 Å². The Morgan fingerprint density at radius 1 is 1.30 bits per heavy atom. The van der Waals surface area contributed by atoms with Crippen molar-refractivity contribution in [2.24, 2.45) is 0 Å². The maximum Gasteiger partial charge on any atom is 0.289 e. The normalized spacial score (nSPS) is 11.9. The first-order valence-electron chi connectivity index (χ1n) is 5.76. The minimum atomic E-state index is -3.94. The van der Waals surface area contributed by atoms with Crippen LogP contribution >= 0.6 is 11.6 Å². The van der Waals surface area contributed by atoms with Gasteiger partial charge in [-0.3, -0.25) is 10.1 Å². The van der Waals surface area contributed by atoms with Gasteiger partial charge in [-0.05, 0) is 31.0 Å². The van der Waals surface area contributed by atoms with Crippen LogP contribution in [0, 0.1) is 24.0 Å². The van der Waals surface area contributed by atoms with Crippen molar-refractivity contribution in [3.63, 3.8) is 0 Å². The first-order chi connectivity index (χ1) is 9.29. The summed E-state index contributed by atoms with van der Waals surface area (Å²) in [6.45, 7) is 3.42. The largest absolute Gasteiger partial charge is 0.289 e. The number of sulfonamides is 1. The lowest BCUT2D eigenvalue weighted by molar-refractivity contribution is -0.387. The number of nitrogens with one attached hydrogen (secondary N) is 1. The van der Waals surface area contributed by atoms with Gasteiger partial charge in [0, 0.05) is 18.5 Å². The molecule has 1 aromatic rings. The monoisotopic (exact) mass is 318 g/mol. The van der Waals surface area contributed by atoms with E-state index in [9.17, 15) is 18.5 Å². The Kier molecular flexibility index (Phi) is 5.67. The van der Waals surface area contributed by atoms with Crippen LogP contribution in [0.3, 0.4) is 0 Å². The van der Waals surface area contributed by atoms with Crippen molar-refractivity contribution in [2.75, 3.05) is 12.4 Å². The van der Waals surface area contributed by atoms with Crippen LogP contribution in [0.4, 0.5) is 5.69 Å². The molecule has 6 nitrogen and oxygen atoms in total. The predicted octanol–water partition coefficient (Wildman–Crippen LogP) is 2.28. The van der Waals surface area contributed by atoms with Crippen LogP contribution in [0.15, 0.2) is 29.2 Å². The summed E-state index contributed by atoms with van der Waals surface area (Å²) < 4.78 is 26.5. The average Bonchev–Trinajstić information content (AvgIpc) is 2.37. The number of nitrogens with zero attached hydrogens (tertiary/aromatic N) is 1. The number of benzene rings is 1. The molecule has 0 aliphatic rings. The van der Waals surface area contributed by atoms with Gasteiger partial charge in [0.15, 0.2) is 4.90 Å². The Morgan fingerprint density at radius 3 is 2.45 bits per heavy atom. The molecular formula is C12H15ClN2O4S. The van der Waals surface area contributed by atoms with Gasteiger partial charge in [-0.15, -0.1) is 11.6 Å². The van der Waals surface area contributed by atoms with Crippen LogP contribution in [-0.2, 0) is 10.0 Å². The van der Waals surface area contributed by atoms with Crippen molar-refractivity contribution in [3.8, 4) is 0 Å². The lowest BCUT2D eigenvalue weighted by Gasteiger charge is -2.08. The van der Waals surface area contributed by atoms with E-state index >= 15 is 0 Å². The molecule has 0 aromatic heterocycles. The molecule has 1 aromatic carbocycles. The Bertz CT molecular complexity index is 641. The quantitative estimate of drug-likeness (QED) is 0.377. The number of hydrogen-bond donors (Lipinski definition) is 1. The summed E-state index contributed by atoms with van der Waals surface area (Å²) in [7, 11) is -3.94. The molecule has 0 fully saturated rings. The van der Waals surface area contributed by atoms with Gasteiger partial charge < -0.3 is 0 Å². The van der Waals surface area contributed by atoms with Crippen LogP contribution in [0.2, 0.25) is 0 Å². The molecule has 1 N–H and O–H groups in total. The molecule has 0 radical (unpaired) electrons. The third kappa shape index (κ3) is 4.03. The van der Waals surface area contributed by atoms with Crippen molar-refractivity contribution in [2.45, 2.75) is 18.7 Å². The van der Waals surface area contributed by atoms with E-state index in [4.69, 9.17) is 11.6 Å². The van der Waals surface area contributed by atoms with Crippen LogP contribution in [0.25, 0.3) is 0 Å². The van der Waals surface area contributed by atoms with Crippen molar-refractivity contribution < 1.29 is 13.3 Å². The van der Waals surface area contributed by atoms with Crippen molar-refractivity contribution in [1.82, 2.24) is 4.72 Å². The van der Waals surface area contributed by atoms with Gasteiger partial charge in [0.2, 0.25) is 10.0 Å². The van der Waals surface area contributed by atoms with Crippen LogP contribution in [0.5, 0.6) is 0 Å². The van der Waals surface area contributed by atoms with E-state index in [1.807, 2.05) is 0 Å². The first kappa shape index (κ1) is 16.6. The fourth-order valence-corrected chi connectivity index (χ4v) is 2.85. The minimum Gasteiger partial charge on any atom is -0.258 e. The van der Waals surface area contributed by atoms with E-state index in [1.54, 1.807) is 19.9 Å². The third-order valence-corrected chi connectivity index (χ3v) is 4.34. The Labute approximate surface area is 122 Å². The summed E-state index contributed by atoms with van der Waals surface area (Å²) in [6, 6.07) is 2.57. The number of nitro benzene ring substituents is 1. The molecule has 0 saturated heterocycles. The Morgan fingerprint density at radius 2 is 1.90 bits per heavy atom. The van der Waals surface area contributed by atoms with Gasteiger partial charge >= 0.3 is 0 Å². The number of halogens is 1. The van der Waals surface area contributed by atoms with Crippen molar-refractivity contribution in [1.29, 1.82) is 0 Å². The number of rotatable bonds is 6. The summed E-state index contributed by atoms with van der Waals surface area (Å²) in [5.74, 6) is 0.269. The van der Waals surface area contributed by atoms with E-state index in [0.29, 0.717) is 11.1 Å². The third-order valence-electron chi connectivity index (χ3n) is 2.71. The summed E-state index contributed by atoms with van der Waals surface area (Å²) in [4.78, 5) is 9.96. The molecule has 1 rings (SSSR count). The van der Waals surface area contributed by atoms with E-state index in [1.165, 1.54) is 18.2 Å². The number of hydrogen-bond acceptors (Lipinski definition) is 4. The Hall–Kier alpha value is -1.44. The maximum absolute atomic E-state index is 12.1. The second kappa shape index (κ2) is 6.83. The van der Waals surface area contributed by atoms with Crippen LogP contribution in [0.1, 0.15) is 11.1 Å². The molecule has 0 aliphatic carbocycles. The molecule has 0 amide bonds. The number of alkyl halides is 1. The summed E-state index contributed by atoms with van der Waals surface area (Å²) >= 11 is 5.42. The highest BCUT2D eigenvalue weighted by Crippen LogP contribution is 2.27. The Balaban J connectivity index is 3.20. The van der Waals surface area contributed by atoms with Gasteiger partial charge in [-0.1, -0.05) is 12.2 Å². The minimum absolute atomic E-state index is 0.0269. The molecule has 0 spiro atoms. The second-order valence-electron chi connectivity index (χ2n) is 4.14. The topological polar surface area (TPSA) is 89.3 Å². The number of allylic oxidation sites excluding steroid dienone is 1. The van der Waals surface area contributed by atoms with Gasteiger partial charge in [0.25, 0.3) is 5.69 Å². The number of nitro groups is 1. The van der Waals surface area contributed by atoms with E-state index in [2.05, 4.69) is 4.72 Å². The molecule has 0 heterocycles. The summed E-state index contributed by atoms with van der Waals surface area (Å²) in [5, 5.41) is 11.0. The molecule has 0 atom stereocenters. The standard InChI is InChI=1S/C12H15ClN2O4S/c1-9-7-11(15(16)17)12(8-10(9)2)20(18,19)14-6-4-3-5-13/h3-4,7-8,14H,5-6H2,1-2H3/b4-3+. The molecule has 20 heavy (non-hydrogen) atoms. The molecular weight excluding hydrogens is 304 g/mol. The fraction of sp³-hybridized carbons (Fsp3) is 0.333. The van der Waals surface area contributed by atoms with Crippen molar-refractivity contribution >= 4 is 27.3 Å². The van der Waals surface area contributed by atoms with E-state index in [-0.39, 0.29) is 17.3 Å². The average molecular weight is 319 g/mol. The zero-order chi connectivity index (χ0) is 15.3. The smallest absolute Gasteiger partial charge is 0.258 e. The van der Waals surface area contributed by atoms with Gasteiger partial charge in [-0.2, -0.15) is 0 Å². The highest BCUT2D eigenvalue weighted by Gasteiger charge is 2.26. The highest BCUT2D eigenvalue weighted by molar-refractivity contribution is 7.89. The van der Waals surface area contributed by atoms with Crippen molar-refractivity contribution in [3.05, 3.63) is 45.5 Å². The molecule has 0 aliphatic heterocycles. The zero-order valence-corrected chi connectivity index (χ0v) is 12.7. The van der Waals surface area contributed by atoms with Crippen LogP contribution in [-0.4, -0.2) is 25.8 Å². The molecule has 0 saturated carbocycles. The van der Waals surface area contributed by atoms with Gasteiger partial charge in [0.1, 0.15) is 0 Å². The van der Waals surface area contributed by atoms with Gasteiger partial charge in [0.05, 0.1) is 4.92 Å². The molecule has 0 bridgehead atoms. The fourth-order valence-electron chi connectivity index (χ4n) is 1.51. The predicted molar refractivity (Wildman–Crippen MR) is 77.6 cm³/mol. The van der Waals surface area contributed by atoms with E-state index in [0.717, 1.165) is 0 Å². The number of aryl methyl sites for hydroxylation is 2. The van der Waals surface area contributed by atoms with Crippen LogP contribution < -0.4 is 4.72 Å². The lowest BCUT2D eigenvalue weighted by atomic mass is 10.1. The SMILES string of the molecule is Cc1cc([N+](=O)[O-])c(S(=O)(=O)NC/C=C/CCl)cc1C. The lowest BCUT2D eigenvalue weighted by Crippen LogP contribution is -2.24.